The summed E-state index contributed by atoms with van der Waals surface area (Å²) in [6.07, 6.45) is -5.18. The van der Waals surface area contributed by atoms with E-state index in [2.05, 4.69) is 20.1 Å². The molecule has 1 aliphatic carbocycles. The van der Waals surface area contributed by atoms with Crippen molar-refractivity contribution in [3.05, 3.63) is 76.4 Å². The minimum absolute atomic E-state index is 0.0181. The topological polar surface area (TPSA) is 152 Å². The molecule has 2 fully saturated rings. The SMILES string of the molecule is C[C@@H]1COCCN1c1sc(C2(C(F)(F)F)CC2)nc1C(=N)ON.NC1N=C(c2ccccc2)c2ccccc2NC1=O. The van der Waals surface area contributed by atoms with Crippen LogP contribution in [-0.4, -0.2) is 60.6 Å². The van der Waals surface area contributed by atoms with Gasteiger partial charge < -0.3 is 25.5 Å². The van der Waals surface area contributed by atoms with Crippen LogP contribution < -0.4 is 21.8 Å². The average molecular weight is 602 g/mol. The van der Waals surface area contributed by atoms with Crippen LogP contribution in [0.1, 0.15) is 41.6 Å². The van der Waals surface area contributed by atoms with Gasteiger partial charge in [-0.25, -0.2) is 4.98 Å². The summed E-state index contributed by atoms with van der Waals surface area (Å²) in [5, 5.41) is 11.0. The number of alkyl halides is 3. The van der Waals surface area contributed by atoms with E-state index in [1.807, 2.05) is 66.4 Å². The minimum atomic E-state index is -4.35. The maximum atomic E-state index is 13.3. The standard InChI is InChI=1S/C15H13N3O.C13H17F3N4O2S/c16-14-15(19)17-12-9-5-4-8-11(12)13(18-14)10-6-2-1-3-7-10;1-7-6-21-5-4-20(7)10-8(9(17)22-18)19-11(23-10)12(2-3-12)13(14,15)16/h1-9,14H,16H2,(H,17,19);7,17H,2-6,18H2,1H3/t;7-/m.1/s1. The number of aliphatic imine (C=N–C) groups is 1. The van der Waals surface area contributed by atoms with Crippen molar-refractivity contribution in [2.75, 3.05) is 30.0 Å². The van der Waals surface area contributed by atoms with Gasteiger partial charge in [-0.3, -0.25) is 15.2 Å². The van der Waals surface area contributed by atoms with Gasteiger partial charge in [0.15, 0.2) is 11.9 Å². The summed E-state index contributed by atoms with van der Waals surface area (Å²) in [5.41, 5.74) is 7.28. The lowest BCUT2D eigenvalue weighted by Gasteiger charge is -2.34. The summed E-state index contributed by atoms with van der Waals surface area (Å²) in [6.45, 7) is 3.37. The number of benzene rings is 2. The van der Waals surface area contributed by atoms with Gasteiger partial charge in [0, 0.05) is 17.7 Å². The molecule has 2 aliphatic heterocycles. The van der Waals surface area contributed by atoms with E-state index in [9.17, 15) is 18.0 Å². The van der Waals surface area contributed by atoms with Gasteiger partial charge in [0.2, 0.25) is 0 Å². The molecule has 1 saturated carbocycles. The molecule has 1 saturated heterocycles. The maximum Gasteiger partial charge on any atom is 0.400 e. The number of rotatable bonds is 4. The number of benzodiazepines with no additional fused rings is 1. The number of hydrogen-bond donors (Lipinski definition) is 4. The first-order chi connectivity index (χ1) is 20.1. The molecule has 0 bridgehead atoms. The Hall–Kier alpha value is -3.85. The molecule has 14 heteroatoms. The van der Waals surface area contributed by atoms with Crippen molar-refractivity contribution in [3.8, 4) is 0 Å². The molecule has 1 unspecified atom stereocenters. The molecule has 3 aromatic rings. The highest BCUT2D eigenvalue weighted by molar-refractivity contribution is 7.16. The van der Waals surface area contributed by atoms with Gasteiger partial charge in [-0.05, 0) is 25.8 Å². The van der Waals surface area contributed by atoms with Gasteiger partial charge in [-0.1, -0.05) is 59.9 Å². The van der Waals surface area contributed by atoms with Crippen LogP contribution in [0.25, 0.3) is 0 Å². The van der Waals surface area contributed by atoms with E-state index in [0.717, 1.165) is 33.9 Å². The van der Waals surface area contributed by atoms with Crippen molar-refractivity contribution >= 4 is 39.5 Å². The number of aromatic nitrogens is 1. The van der Waals surface area contributed by atoms with Crippen LogP contribution in [-0.2, 0) is 19.8 Å². The van der Waals surface area contributed by atoms with E-state index < -0.39 is 23.7 Å². The number of morpholine rings is 1. The highest BCUT2D eigenvalue weighted by atomic mass is 32.1. The van der Waals surface area contributed by atoms with Gasteiger partial charge in [-0.2, -0.15) is 19.1 Å². The first-order valence-electron chi connectivity index (χ1n) is 13.2. The van der Waals surface area contributed by atoms with Crippen molar-refractivity contribution in [2.45, 2.75) is 43.6 Å². The van der Waals surface area contributed by atoms with Gasteiger partial charge in [0.25, 0.3) is 11.8 Å². The number of nitrogens with one attached hydrogen (secondary N) is 2. The minimum Gasteiger partial charge on any atom is -0.389 e. The van der Waals surface area contributed by atoms with Crippen LogP contribution in [0.5, 0.6) is 0 Å². The van der Waals surface area contributed by atoms with E-state index in [1.54, 1.807) is 0 Å². The largest absolute Gasteiger partial charge is 0.400 e. The Morgan fingerprint density at radius 2 is 1.88 bits per heavy atom. The lowest BCUT2D eigenvalue weighted by molar-refractivity contribution is -0.160. The van der Waals surface area contributed by atoms with Gasteiger partial charge >= 0.3 is 6.18 Å². The van der Waals surface area contributed by atoms with E-state index in [0.29, 0.717) is 24.8 Å². The molecule has 0 spiro atoms. The Bertz CT molecular complexity index is 1490. The zero-order valence-corrected chi connectivity index (χ0v) is 23.5. The molecule has 0 radical (unpaired) electrons. The fourth-order valence-electron chi connectivity index (χ4n) is 4.79. The molecular weight excluding hydrogens is 571 g/mol. The predicted octanol–water partition coefficient (Wildman–Crippen LogP) is 3.94. The highest BCUT2D eigenvalue weighted by Crippen LogP contribution is 2.60. The summed E-state index contributed by atoms with van der Waals surface area (Å²) in [5.74, 6) is 4.31. The quantitative estimate of drug-likeness (QED) is 0.201. The van der Waals surface area contributed by atoms with Crippen molar-refractivity contribution in [2.24, 2.45) is 16.6 Å². The molecule has 1 amide bonds. The number of amides is 1. The van der Waals surface area contributed by atoms with Crippen LogP contribution in [0, 0.1) is 5.41 Å². The number of ether oxygens (including phenoxy) is 1. The van der Waals surface area contributed by atoms with E-state index in [-0.39, 0.29) is 35.5 Å². The molecule has 42 heavy (non-hydrogen) atoms. The second kappa shape index (κ2) is 11.8. The fourth-order valence-corrected chi connectivity index (χ4v) is 6.24. The smallest absolute Gasteiger partial charge is 0.389 e. The number of thiazole rings is 1. The second-order valence-corrected chi connectivity index (χ2v) is 11.1. The Morgan fingerprint density at radius 3 is 2.52 bits per heavy atom. The highest BCUT2D eigenvalue weighted by Gasteiger charge is 2.66. The van der Waals surface area contributed by atoms with Crippen LogP contribution in [0.3, 0.4) is 0 Å². The monoisotopic (exact) mass is 601 g/mol. The number of halogens is 3. The number of hydrogen-bond acceptors (Lipinski definition) is 10. The number of anilines is 2. The zero-order valence-electron chi connectivity index (χ0n) is 22.6. The number of nitrogens with two attached hydrogens (primary N) is 2. The first-order valence-corrected chi connectivity index (χ1v) is 14.0. The Morgan fingerprint density at radius 1 is 1.19 bits per heavy atom. The fraction of sp³-hybridized carbons (Fsp3) is 0.357. The maximum absolute atomic E-state index is 13.3. The summed E-state index contributed by atoms with van der Waals surface area (Å²) < 4.78 is 45.4. The van der Waals surface area contributed by atoms with Crippen molar-refractivity contribution < 1.29 is 27.5 Å². The first kappa shape index (κ1) is 29.6. The molecule has 1 aromatic heterocycles. The number of carbonyl (C=O) groups excluding carboxylic acids is 1. The molecule has 6 rings (SSSR count). The normalized spacial score (nSPS) is 21.1. The number of carbonyl (C=O) groups is 1. The van der Waals surface area contributed by atoms with Crippen LogP contribution in [0.4, 0.5) is 23.9 Å². The predicted molar refractivity (Wildman–Crippen MR) is 154 cm³/mol. The van der Waals surface area contributed by atoms with Crippen LogP contribution in [0.2, 0.25) is 0 Å². The molecule has 2 aromatic carbocycles. The molecular formula is C28H30F3N7O3S. The Kier molecular flexibility index (Phi) is 8.32. The van der Waals surface area contributed by atoms with Gasteiger partial charge in [0.1, 0.15) is 15.4 Å². The lowest BCUT2D eigenvalue weighted by Crippen LogP contribution is -2.44. The van der Waals surface area contributed by atoms with Crippen LogP contribution >= 0.6 is 11.3 Å². The third-order valence-electron chi connectivity index (χ3n) is 7.30. The summed E-state index contributed by atoms with van der Waals surface area (Å²) >= 11 is 0.973. The number of fused-ring (bicyclic) bond motifs is 1. The summed E-state index contributed by atoms with van der Waals surface area (Å²) in [6, 6.07) is 17.3. The molecule has 10 nitrogen and oxygen atoms in total. The van der Waals surface area contributed by atoms with Crippen LogP contribution in [0.15, 0.2) is 59.6 Å². The third kappa shape index (κ3) is 5.75. The summed E-state index contributed by atoms with van der Waals surface area (Å²) in [7, 11) is 0. The van der Waals surface area contributed by atoms with E-state index >= 15 is 0 Å². The van der Waals surface area contributed by atoms with Crippen molar-refractivity contribution in [1.82, 2.24) is 4.98 Å². The third-order valence-corrected chi connectivity index (χ3v) is 8.59. The van der Waals surface area contributed by atoms with E-state index in [1.165, 1.54) is 0 Å². The van der Waals surface area contributed by atoms with Gasteiger partial charge in [0.05, 0.1) is 30.7 Å². The number of para-hydroxylation sites is 1. The molecule has 6 N–H and O–H groups in total. The molecule has 2 atom stereocenters. The zero-order chi connectivity index (χ0) is 30.1. The lowest BCUT2D eigenvalue weighted by atomic mass is 10.0. The summed E-state index contributed by atoms with van der Waals surface area (Å²) in [4.78, 5) is 26.6. The van der Waals surface area contributed by atoms with Crippen molar-refractivity contribution in [1.29, 1.82) is 5.41 Å². The molecule has 222 valence electrons. The average Bonchev–Trinajstić information content (AvgIpc) is 3.72. The molecule has 3 aliphatic rings. The van der Waals surface area contributed by atoms with E-state index in [4.69, 9.17) is 21.8 Å². The van der Waals surface area contributed by atoms with Crippen molar-refractivity contribution in [3.63, 3.8) is 0 Å². The Labute approximate surface area is 244 Å². The van der Waals surface area contributed by atoms with Gasteiger partial charge in [-0.15, -0.1) is 0 Å². The second-order valence-electron chi connectivity index (χ2n) is 10.1. The number of nitrogens with zero attached hydrogens (tertiary/aromatic N) is 3. The molecule has 3 heterocycles. The Balaban J connectivity index is 0.000000171.